The average molecular weight is 395 g/mol. The molecule has 0 saturated carbocycles. The van der Waals surface area contributed by atoms with E-state index in [1.165, 1.54) is 6.08 Å². The first-order chi connectivity index (χ1) is 13.4. The number of hydrogen-bond acceptors (Lipinski definition) is 5. The summed E-state index contributed by atoms with van der Waals surface area (Å²) >= 11 is 0. The zero-order chi connectivity index (χ0) is 20.8. The summed E-state index contributed by atoms with van der Waals surface area (Å²) in [5.74, 6) is -0.783. The summed E-state index contributed by atoms with van der Waals surface area (Å²) < 4.78 is 5.75. The van der Waals surface area contributed by atoms with E-state index in [-0.39, 0.29) is 12.5 Å². The molecule has 1 rings (SSSR count). The molecule has 0 aromatic carbocycles. The molecule has 0 aliphatic carbocycles. The van der Waals surface area contributed by atoms with E-state index < -0.39 is 30.4 Å². The van der Waals surface area contributed by atoms with Crippen molar-refractivity contribution in [2.75, 3.05) is 0 Å². The van der Waals surface area contributed by atoms with E-state index in [9.17, 15) is 20.1 Å². The maximum atomic E-state index is 10.4. The highest BCUT2D eigenvalue weighted by Crippen LogP contribution is 2.26. The Kier molecular flexibility index (Phi) is 12.4. The van der Waals surface area contributed by atoms with E-state index in [2.05, 4.69) is 0 Å². The van der Waals surface area contributed by atoms with Crippen LogP contribution < -0.4 is 0 Å². The van der Waals surface area contributed by atoms with Gasteiger partial charge in [0, 0.05) is 12.8 Å². The Balaban J connectivity index is 2.23. The fourth-order valence-electron chi connectivity index (χ4n) is 2.79. The van der Waals surface area contributed by atoms with Crippen molar-refractivity contribution in [1.29, 1.82) is 0 Å². The monoisotopic (exact) mass is 394 g/mol. The first-order valence-electron chi connectivity index (χ1n) is 9.98. The lowest BCUT2D eigenvalue weighted by Gasteiger charge is -2.16. The van der Waals surface area contributed by atoms with E-state index in [4.69, 9.17) is 9.84 Å². The molecule has 6 heteroatoms. The van der Waals surface area contributed by atoms with Gasteiger partial charge in [-0.05, 0) is 32.1 Å². The molecule has 0 aromatic rings. The number of carboxylic acids is 1. The van der Waals surface area contributed by atoms with Crippen LogP contribution in [-0.4, -0.2) is 56.9 Å². The SMILES string of the molecule is CC[C@@H](O)/C=C/[C@H](O)[C@@H]1C[C@@H](O)[C@@H](C/C=C\C/C=C\C/C=C\CCC(=O)O)O1. The predicted molar refractivity (Wildman–Crippen MR) is 109 cm³/mol. The van der Waals surface area contributed by atoms with Crippen molar-refractivity contribution in [3.8, 4) is 0 Å². The molecule has 1 fully saturated rings. The first-order valence-corrected chi connectivity index (χ1v) is 9.98. The van der Waals surface area contributed by atoms with Crippen LogP contribution in [0, 0.1) is 0 Å². The van der Waals surface area contributed by atoms with E-state index in [1.54, 1.807) is 6.08 Å². The van der Waals surface area contributed by atoms with Crippen LogP contribution in [0.1, 0.15) is 51.9 Å². The Labute approximate surface area is 167 Å². The van der Waals surface area contributed by atoms with Crippen LogP contribution in [-0.2, 0) is 9.53 Å². The van der Waals surface area contributed by atoms with Gasteiger partial charge in [-0.3, -0.25) is 4.79 Å². The zero-order valence-corrected chi connectivity index (χ0v) is 16.6. The molecule has 0 amide bonds. The summed E-state index contributed by atoms with van der Waals surface area (Å²) in [5.41, 5.74) is 0. The molecule has 6 nitrogen and oxygen atoms in total. The number of allylic oxidation sites excluding steroid dienone is 5. The number of rotatable bonds is 13. The topological polar surface area (TPSA) is 107 Å². The Bertz CT molecular complexity index is 551. The third-order valence-corrected chi connectivity index (χ3v) is 4.52. The summed E-state index contributed by atoms with van der Waals surface area (Å²) in [4.78, 5) is 10.4. The van der Waals surface area contributed by atoms with Crippen molar-refractivity contribution in [3.63, 3.8) is 0 Å². The van der Waals surface area contributed by atoms with Gasteiger partial charge in [-0.25, -0.2) is 0 Å². The second-order valence-electron chi connectivity index (χ2n) is 6.92. The van der Waals surface area contributed by atoms with Crippen molar-refractivity contribution >= 4 is 5.97 Å². The Morgan fingerprint density at radius 1 is 1.07 bits per heavy atom. The summed E-state index contributed by atoms with van der Waals surface area (Å²) in [6, 6.07) is 0. The Hall–Kier alpha value is -1.73. The van der Waals surface area contributed by atoms with Gasteiger partial charge >= 0.3 is 5.97 Å². The highest BCUT2D eigenvalue weighted by molar-refractivity contribution is 5.66. The molecule has 1 aliphatic rings. The minimum atomic E-state index is -0.837. The smallest absolute Gasteiger partial charge is 0.303 e. The summed E-state index contributed by atoms with van der Waals surface area (Å²) in [7, 11) is 0. The molecule has 1 saturated heterocycles. The molecule has 1 aliphatic heterocycles. The highest BCUT2D eigenvalue weighted by atomic mass is 16.5. The number of aliphatic carboxylic acids is 1. The van der Waals surface area contributed by atoms with Gasteiger partial charge in [0.1, 0.15) is 0 Å². The number of carbonyl (C=O) groups is 1. The molecule has 0 spiro atoms. The van der Waals surface area contributed by atoms with Crippen LogP contribution in [0.15, 0.2) is 48.6 Å². The summed E-state index contributed by atoms with van der Waals surface area (Å²) in [6.07, 6.45) is 15.9. The largest absolute Gasteiger partial charge is 0.481 e. The molecule has 0 bridgehead atoms. The van der Waals surface area contributed by atoms with Crippen LogP contribution in [0.5, 0.6) is 0 Å². The van der Waals surface area contributed by atoms with Crippen LogP contribution in [0.2, 0.25) is 0 Å². The van der Waals surface area contributed by atoms with Gasteiger partial charge in [0.05, 0.1) is 30.5 Å². The lowest BCUT2D eigenvalue weighted by Crippen LogP contribution is -2.24. The van der Waals surface area contributed by atoms with Gasteiger partial charge in [-0.15, -0.1) is 0 Å². The van der Waals surface area contributed by atoms with Crippen molar-refractivity contribution in [1.82, 2.24) is 0 Å². The minimum absolute atomic E-state index is 0.160. The maximum Gasteiger partial charge on any atom is 0.303 e. The molecular formula is C22H34O6. The molecule has 158 valence electrons. The van der Waals surface area contributed by atoms with Crippen LogP contribution in [0.3, 0.4) is 0 Å². The molecule has 5 atom stereocenters. The summed E-state index contributed by atoms with van der Waals surface area (Å²) in [6.45, 7) is 1.86. The maximum absolute atomic E-state index is 10.4. The lowest BCUT2D eigenvalue weighted by atomic mass is 10.0. The number of hydrogen-bond donors (Lipinski definition) is 4. The third-order valence-electron chi connectivity index (χ3n) is 4.52. The van der Waals surface area contributed by atoms with Gasteiger partial charge in [0.2, 0.25) is 0 Å². The van der Waals surface area contributed by atoms with Gasteiger partial charge in [0.15, 0.2) is 0 Å². The molecule has 0 radical (unpaired) electrons. The second kappa shape index (κ2) is 14.3. The van der Waals surface area contributed by atoms with Crippen molar-refractivity contribution in [2.24, 2.45) is 0 Å². The highest BCUT2D eigenvalue weighted by Gasteiger charge is 2.36. The predicted octanol–water partition coefficient (Wildman–Crippen LogP) is 2.90. The van der Waals surface area contributed by atoms with Gasteiger partial charge in [-0.2, -0.15) is 0 Å². The van der Waals surface area contributed by atoms with Crippen LogP contribution in [0.4, 0.5) is 0 Å². The van der Waals surface area contributed by atoms with E-state index in [0.29, 0.717) is 25.7 Å². The van der Waals surface area contributed by atoms with Gasteiger partial charge in [-0.1, -0.05) is 55.5 Å². The number of aliphatic hydroxyl groups is 3. The van der Waals surface area contributed by atoms with Crippen molar-refractivity contribution in [3.05, 3.63) is 48.6 Å². The van der Waals surface area contributed by atoms with Crippen LogP contribution in [0.25, 0.3) is 0 Å². The lowest BCUT2D eigenvalue weighted by molar-refractivity contribution is -0.136. The second-order valence-corrected chi connectivity index (χ2v) is 6.92. The molecule has 28 heavy (non-hydrogen) atoms. The van der Waals surface area contributed by atoms with Crippen LogP contribution >= 0.6 is 0 Å². The fraction of sp³-hybridized carbons (Fsp3) is 0.591. The van der Waals surface area contributed by atoms with E-state index >= 15 is 0 Å². The zero-order valence-electron chi connectivity index (χ0n) is 16.6. The van der Waals surface area contributed by atoms with Crippen molar-refractivity contribution < 1.29 is 30.0 Å². The third kappa shape index (κ3) is 10.6. The van der Waals surface area contributed by atoms with Gasteiger partial charge in [0.25, 0.3) is 0 Å². The Morgan fingerprint density at radius 2 is 1.71 bits per heavy atom. The number of aliphatic hydroxyl groups excluding tert-OH is 3. The van der Waals surface area contributed by atoms with E-state index in [1.807, 2.05) is 43.4 Å². The Morgan fingerprint density at radius 3 is 2.36 bits per heavy atom. The molecular weight excluding hydrogens is 360 g/mol. The first kappa shape index (κ1) is 24.3. The number of ether oxygens (including phenoxy) is 1. The summed E-state index contributed by atoms with van der Waals surface area (Å²) in [5, 5.41) is 38.2. The molecule has 1 heterocycles. The molecule has 0 aromatic heterocycles. The standard InChI is InChI=1S/C22H34O6/c1-2-17(23)14-15-18(24)21-16-19(25)20(28-21)12-10-8-6-4-3-5-7-9-11-13-22(26)27/h3-4,7-10,14-15,17-21,23-25H,2,5-6,11-13,16H2,1H3,(H,26,27)/b4-3-,9-7-,10-8-,15-14+/t17-,18+,19-,20-,21+/m1/s1. The average Bonchev–Trinajstić information content (AvgIpc) is 3.04. The van der Waals surface area contributed by atoms with E-state index in [0.717, 1.165) is 12.8 Å². The molecule has 4 N–H and O–H groups in total. The van der Waals surface area contributed by atoms with Gasteiger partial charge < -0.3 is 25.2 Å². The normalized spacial score (nSPS) is 25.5. The van der Waals surface area contributed by atoms with Crippen molar-refractivity contribution in [2.45, 2.75) is 82.4 Å². The molecule has 0 unspecified atom stereocenters. The minimum Gasteiger partial charge on any atom is -0.481 e. The number of carboxylic acid groups (broad SMARTS) is 1. The fourth-order valence-corrected chi connectivity index (χ4v) is 2.79. The quantitative estimate of drug-likeness (QED) is 0.358.